The van der Waals surface area contributed by atoms with Crippen LogP contribution in [-0.4, -0.2) is 41.3 Å². The Labute approximate surface area is 82.6 Å². The van der Waals surface area contributed by atoms with Gasteiger partial charge in [0.1, 0.15) is 17.2 Å². The zero-order valence-corrected chi connectivity index (χ0v) is 8.71. The summed E-state index contributed by atoms with van der Waals surface area (Å²) in [6, 6.07) is 1.79. The molecule has 72 valence electrons. The molecule has 2 N–H and O–H groups in total. The average molecular weight is 198 g/mol. The van der Waals surface area contributed by atoms with E-state index in [2.05, 4.69) is 29.0 Å². The molecule has 1 aromatic heterocycles. The lowest BCUT2D eigenvalue weighted by molar-refractivity contribution is 0.437. The van der Waals surface area contributed by atoms with Crippen LogP contribution in [0.25, 0.3) is 0 Å². The van der Waals surface area contributed by atoms with Gasteiger partial charge in [-0.05, 0) is 14.1 Å². The molecule has 0 aliphatic heterocycles. The minimum absolute atomic E-state index is 0.530. The van der Waals surface area contributed by atoms with Gasteiger partial charge in [-0.25, -0.2) is 9.97 Å². The maximum absolute atomic E-state index is 5.52. The van der Waals surface area contributed by atoms with Gasteiger partial charge in [0, 0.05) is 18.4 Å². The number of hydrogen-bond acceptors (Lipinski definition) is 5. The zero-order chi connectivity index (χ0) is 9.68. The van der Waals surface area contributed by atoms with E-state index in [1.165, 1.54) is 6.33 Å². The average Bonchev–Trinajstić information content (AvgIpc) is 2.03. The van der Waals surface area contributed by atoms with Crippen molar-refractivity contribution in [2.24, 2.45) is 0 Å². The van der Waals surface area contributed by atoms with Crippen molar-refractivity contribution in [3.8, 4) is 0 Å². The van der Waals surface area contributed by atoms with Crippen LogP contribution in [0.15, 0.2) is 17.4 Å². The lowest BCUT2D eigenvalue weighted by Gasteiger charge is -2.07. The topological polar surface area (TPSA) is 55.0 Å². The SMILES string of the molecule is CN(C)CCSc1cc(N)ncn1. The molecule has 0 bridgehead atoms. The van der Waals surface area contributed by atoms with Gasteiger partial charge >= 0.3 is 0 Å². The quantitative estimate of drug-likeness (QED) is 0.570. The van der Waals surface area contributed by atoms with Crippen molar-refractivity contribution in [3.05, 3.63) is 12.4 Å². The molecule has 13 heavy (non-hydrogen) atoms. The molecule has 4 nitrogen and oxygen atoms in total. The molecular formula is C8H14N4S. The Bertz CT molecular complexity index is 264. The molecule has 5 heteroatoms. The second-order valence-corrected chi connectivity index (χ2v) is 4.05. The molecule has 0 aliphatic carbocycles. The predicted molar refractivity (Wildman–Crippen MR) is 55.7 cm³/mol. The third kappa shape index (κ3) is 4.10. The number of rotatable bonds is 4. The number of anilines is 1. The van der Waals surface area contributed by atoms with Crippen LogP contribution in [0.2, 0.25) is 0 Å². The van der Waals surface area contributed by atoms with E-state index in [9.17, 15) is 0 Å². The van der Waals surface area contributed by atoms with Gasteiger partial charge in [-0.15, -0.1) is 11.8 Å². The van der Waals surface area contributed by atoms with Crippen molar-refractivity contribution in [1.29, 1.82) is 0 Å². The van der Waals surface area contributed by atoms with E-state index in [0.29, 0.717) is 5.82 Å². The summed E-state index contributed by atoms with van der Waals surface area (Å²) < 4.78 is 0. The molecule has 0 fully saturated rings. The van der Waals surface area contributed by atoms with Crippen LogP contribution in [0.3, 0.4) is 0 Å². The number of nitrogen functional groups attached to an aromatic ring is 1. The summed E-state index contributed by atoms with van der Waals surface area (Å²) in [4.78, 5) is 10.1. The summed E-state index contributed by atoms with van der Waals surface area (Å²) in [5.74, 6) is 1.55. The van der Waals surface area contributed by atoms with E-state index < -0.39 is 0 Å². The largest absolute Gasteiger partial charge is 0.384 e. The first-order chi connectivity index (χ1) is 6.18. The Morgan fingerprint density at radius 1 is 1.46 bits per heavy atom. The Morgan fingerprint density at radius 3 is 2.85 bits per heavy atom. The lowest BCUT2D eigenvalue weighted by atomic mass is 10.6. The maximum atomic E-state index is 5.52. The lowest BCUT2D eigenvalue weighted by Crippen LogP contribution is -2.14. The fraction of sp³-hybridized carbons (Fsp3) is 0.500. The standard InChI is InChI=1S/C8H14N4S/c1-12(2)3-4-13-8-5-7(9)10-6-11-8/h5-6H,3-4H2,1-2H3,(H2,9,10,11). The predicted octanol–water partition coefficient (Wildman–Crippen LogP) is 0.713. The molecule has 0 spiro atoms. The van der Waals surface area contributed by atoms with Gasteiger partial charge in [-0.1, -0.05) is 0 Å². The molecule has 0 aliphatic rings. The zero-order valence-electron chi connectivity index (χ0n) is 7.90. The van der Waals surface area contributed by atoms with Gasteiger partial charge in [-0.2, -0.15) is 0 Å². The van der Waals surface area contributed by atoms with E-state index in [4.69, 9.17) is 5.73 Å². The van der Waals surface area contributed by atoms with Crippen LogP contribution in [0.4, 0.5) is 5.82 Å². The molecule has 0 saturated heterocycles. The summed E-state index contributed by atoms with van der Waals surface area (Å²) in [6.45, 7) is 1.04. The Kier molecular flexibility index (Phi) is 3.98. The van der Waals surface area contributed by atoms with E-state index >= 15 is 0 Å². The van der Waals surface area contributed by atoms with Crippen LogP contribution >= 0.6 is 11.8 Å². The molecule has 0 saturated carbocycles. The summed E-state index contributed by atoms with van der Waals surface area (Å²) in [5.41, 5.74) is 5.52. The Morgan fingerprint density at radius 2 is 2.23 bits per heavy atom. The third-order valence-corrected chi connectivity index (χ3v) is 2.36. The van der Waals surface area contributed by atoms with Crippen molar-refractivity contribution in [1.82, 2.24) is 14.9 Å². The van der Waals surface area contributed by atoms with Crippen molar-refractivity contribution >= 4 is 17.6 Å². The highest BCUT2D eigenvalue weighted by Crippen LogP contribution is 2.15. The minimum atomic E-state index is 0.530. The van der Waals surface area contributed by atoms with Crippen LogP contribution in [0.1, 0.15) is 0 Å². The number of thioether (sulfide) groups is 1. The molecule has 0 amide bonds. The summed E-state index contributed by atoms with van der Waals surface area (Å²) in [7, 11) is 4.10. The summed E-state index contributed by atoms with van der Waals surface area (Å²) in [5, 5.41) is 0.939. The molecule has 1 heterocycles. The Balaban J connectivity index is 2.37. The maximum Gasteiger partial charge on any atom is 0.127 e. The first kappa shape index (κ1) is 10.3. The Hall–Kier alpha value is -0.810. The molecule has 0 radical (unpaired) electrons. The monoisotopic (exact) mass is 198 g/mol. The van der Waals surface area contributed by atoms with E-state index in [-0.39, 0.29) is 0 Å². The van der Waals surface area contributed by atoms with Gasteiger partial charge in [0.2, 0.25) is 0 Å². The highest BCUT2D eigenvalue weighted by atomic mass is 32.2. The van der Waals surface area contributed by atoms with Gasteiger partial charge in [0.25, 0.3) is 0 Å². The van der Waals surface area contributed by atoms with Gasteiger partial charge in [-0.3, -0.25) is 0 Å². The highest BCUT2D eigenvalue weighted by molar-refractivity contribution is 7.99. The smallest absolute Gasteiger partial charge is 0.127 e. The molecule has 1 aromatic rings. The molecular weight excluding hydrogens is 184 g/mol. The van der Waals surface area contributed by atoms with Crippen molar-refractivity contribution < 1.29 is 0 Å². The van der Waals surface area contributed by atoms with E-state index in [1.807, 2.05) is 0 Å². The van der Waals surface area contributed by atoms with Gasteiger partial charge in [0.15, 0.2) is 0 Å². The second-order valence-electron chi connectivity index (χ2n) is 2.93. The van der Waals surface area contributed by atoms with Crippen LogP contribution in [0.5, 0.6) is 0 Å². The van der Waals surface area contributed by atoms with E-state index in [0.717, 1.165) is 17.3 Å². The van der Waals surface area contributed by atoms with Gasteiger partial charge < -0.3 is 10.6 Å². The van der Waals surface area contributed by atoms with Crippen LogP contribution < -0.4 is 5.73 Å². The van der Waals surface area contributed by atoms with Crippen molar-refractivity contribution in [3.63, 3.8) is 0 Å². The number of aromatic nitrogens is 2. The molecule has 0 aromatic carbocycles. The first-order valence-electron chi connectivity index (χ1n) is 4.03. The molecule has 0 atom stereocenters. The third-order valence-electron chi connectivity index (χ3n) is 1.45. The fourth-order valence-electron chi connectivity index (χ4n) is 0.765. The number of nitrogens with zero attached hydrogens (tertiary/aromatic N) is 3. The fourth-order valence-corrected chi connectivity index (χ4v) is 1.76. The molecule has 1 rings (SSSR count). The first-order valence-corrected chi connectivity index (χ1v) is 5.02. The second kappa shape index (κ2) is 5.04. The van der Waals surface area contributed by atoms with Crippen molar-refractivity contribution in [2.75, 3.05) is 32.1 Å². The summed E-state index contributed by atoms with van der Waals surface area (Å²) >= 11 is 1.69. The minimum Gasteiger partial charge on any atom is -0.384 e. The number of nitrogens with two attached hydrogens (primary N) is 1. The van der Waals surface area contributed by atoms with Crippen LogP contribution in [0, 0.1) is 0 Å². The van der Waals surface area contributed by atoms with Gasteiger partial charge in [0.05, 0.1) is 0 Å². The highest BCUT2D eigenvalue weighted by Gasteiger charge is 1.97. The number of hydrogen-bond donors (Lipinski definition) is 1. The van der Waals surface area contributed by atoms with Crippen LogP contribution in [-0.2, 0) is 0 Å². The van der Waals surface area contributed by atoms with E-state index in [1.54, 1.807) is 17.8 Å². The normalized spacial score (nSPS) is 10.7. The molecule has 0 unspecified atom stereocenters. The summed E-state index contributed by atoms with van der Waals surface area (Å²) in [6.07, 6.45) is 1.49. The van der Waals surface area contributed by atoms with Crippen molar-refractivity contribution in [2.45, 2.75) is 5.03 Å².